The van der Waals surface area contributed by atoms with E-state index in [1.807, 2.05) is 36.4 Å². The Morgan fingerprint density at radius 1 is 1.08 bits per heavy atom. The van der Waals surface area contributed by atoms with Crippen LogP contribution in [0.4, 0.5) is 11.4 Å². The van der Waals surface area contributed by atoms with Crippen LogP contribution in [0.3, 0.4) is 0 Å². The number of nitro groups is 1. The average Bonchev–Trinajstić information content (AvgIpc) is 2.66. The molecule has 3 aromatic rings. The minimum atomic E-state index is -0.584. The molecule has 0 spiro atoms. The molecule has 7 nitrogen and oxygen atoms in total. The molecule has 0 atom stereocenters. The van der Waals surface area contributed by atoms with Crippen LogP contribution in [0.1, 0.15) is 0 Å². The number of methoxy groups -OCH3 is 1. The third-order valence-electron chi connectivity index (χ3n) is 3.75. The largest absolute Gasteiger partial charge is 0.496 e. The number of carbonyl (C=O) groups is 1. The summed E-state index contributed by atoms with van der Waals surface area (Å²) >= 11 is 0. The van der Waals surface area contributed by atoms with E-state index < -0.39 is 10.8 Å². The van der Waals surface area contributed by atoms with Gasteiger partial charge in [0.15, 0.2) is 12.4 Å². The number of nitrogens with one attached hydrogen (secondary N) is 1. The average molecular weight is 352 g/mol. The van der Waals surface area contributed by atoms with Crippen molar-refractivity contribution in [1.82, 2.24) is 0 Å². The first-order valence-electron chi connectivity index (χ1n) is 7.81. The Labute approximate surface area is 149 Å². The summed E-state index contributed by atoms with van der Waals surface area (Å²) in [7, 11) is 1.41. The van der Waals surface area contributed by atoms with E-state index in [9.17, 15) is 14.9 Å². The molecule has 0 unspecified atom stereocenters. The number of nitro benzene ring substituents is 1. The molecule has 0 aliphatic carbocycles. The second kappa shape index (κ2) is 7.52. The normalized spacial score (nSPS) is 10.3. The molecule has 1 N–H and O–H groups in total. The summed E-state index contributed by atoms with van der Waals surface area (Å²) in [6.45, 7) is -0.347. The van der Waals surface area contributed by atoms with Crippen molar-refractivity contribution in [3.63, 3.8) is 0 Å². The molecule has 3 aromatic carbocycles. The van der Waals surface area contributed by atoms with Crippen molar-refractivity contribution in [2.45, 2.75) is 0 Å². The number of nitrogens with zero attached hydrogens (tertiary/aromatic N) is 1. The van der Waals surface area contributed by atoms with Crippen molar-refractivity contribution in [1.29, 1.82) is 0 Å². The predicted octanol–water partition coefficient (Wildman–Crippen LogP) is 3.77. The Bertz CT molecular complexity index is 971. The van der Waals surface area contributed by atoms with Crippen molar-refractivity contribution in [3.05, 3.63) is 70.8 Å². The fraction of sp³-hybridized carbons (Fsp3) is 0.105. The van der Waals surface area contributed by atoms with Gasteiger partial charge in [0.05, 0.1) is 18.1 Å². The van der Waals surface area contributed by atoms with Crippen molar-refractivity contribution in [3.8, 4) is 11.5 Å². The van der Waals surface area contributed by atoms with Gasteiger partial charge < -0.3 is 14.8 Å². The zero-order chi connectivity index (χ0) is 18.5. The molecule has 0 heterocycles. The van der Waals surface area contributed by atoms with Crippen LogP contribution in [0.5, 0.6) is 11.5 Å². The molecular weight excluding hydrogens is 336 g/mol. The van der Waals surface area contributed by atoms with Crippen molar-refractivity contribution < 1.29 is 19.2 Å². The molecule has 26 heavy (non-hydrogen) atoms. The second-order valence-electron chi connectivity index (χ2n) is 5.49. The van der Waals surface area contributed by atoms with Gasteiger partial charge >= 0.3 is 5.69 Å². The summed E-state index contributed by atoms with van der Waals surface area (Å²) in [6, 6.07) is 17.5. The van der Waals surface area contributed by atoms with E-state index in [0.717, 1.165) is 10.8 Å². The van der Waals surface area contributed by atoms with Gasteiger partial charge in [-0.1, -0.05) is 30.3 Å². The first-order chi connectivity index (χ1) is 12.6. The first kappa shape index (κ1) is 17.2. The highest BCUT2D eigenvalue weighted by molar-refractivity contribution is 5.95. The van der Waals surface area contributed by atoms with Crippen molar-refractivity contribution in [2.24, 2.45) is 0 Å². The smallest absolute Gasteiger partial charge is 0.314 e. The first-order valence-corrected chi connectivity index (χ1v) is 7.81. The Kier molecular flexibility index (Phi) is 4.98. The highest BCUT2D eigenvalue weighted by atomic mass is 16.6. The highest BCUT2D eigenvalue weighted by Gasteiger charge is 2.17. The van der Waals surface area contributed by atoms with E-state index in [4.69, 9.17) is 9.47 Å². The van der Waals surface area contributed by atoms with Crippen LogP contribution in [0.15, 0.2) is 60.7 Å². The fourth-order valence-electron chi connectivity index (χ4n) is 2.50. The molecule has 0 saturated heterocycles. The van der Waals surface area contributed by atoms with Crippen LogP contribution < -0.4 is 14.8 Å². The second-order valence-corrected chi connectivity index (χ2v) is 5.49. The van der Waals surface area contributed by atoms with Crippen LogP contribution in [-0.2, 0) is 4.79 Å². The molecule has 132 valence electrons. The molecule has 7 heteroatoms. The molecule has 3 rings (SSSR count). The standard InChI is InChI=1S/C19H16N2O5/c1-25-16-8-9-18(17(11-16)21(23)24)26-12-19(22)20-15-7-6-13-4-2-3-5-14(13)10-15/h2-11H,12H2,1H3,(H,20,22). The quantitative estimate of drug-likeness (QED) is 0.538. The van der Waals surface area contributed by atoms with Gasteiger partial charge in [0, 0.05) is 5.69 Å². The number of amides is 1. The van der Waals surface area contributed by atoms with Gasteiger partial charge in [0.1, 0.15) is 5.75 Å². The van der Waals surface area contributed by atoms with Crippen LogP contribution >= 0.6 is 0 Å². The Morgan fingerprint density at radius 3 is 2.58 bits per heavy atom. The maximum absolute atomic E-state index is 12.1. The SMILES string of the molecule is COc1ccc(OCC(=O)Nc2ccc3ccccc3c2)c([N+](=O)[O-])c1. The summed E-state index contributed by atoms with van der Waals surface area (Å²) in [5.41, 5.74) is 0.365. The van der Waals surface area contributed by atoms with Gasteiger partial charge in [0.2, 0.25) is 0 Å². The molecule has 0 aliphatic heterocycles. The van der Waals surface area contributed by atoms with Gasteiger partial charge in [-0.3, -0.25) is 14.9 Å². The molecular formula is C19H16N2O5. The summed E-state index contributed by atoms with van der Waals surface area (Å²) < 4.78 is 10.3. The summed E-state index contributed by atoms with van der Waals surface area (Å²) in [5.74, 6) is -0.0699. The lowest BCUT2D eigenvalue weighted by Crippen LogP contribution is -2.20. The lowest BCUT2D eigenvalue weighted by molar-refractivity contribution is -0.385. The number of fused-ring (bicyclic) bond motifs is 1. The van der Waals surface area contributed by atoms with Crippen LogP contribution in [0, 0.1) is 10.1 Å². The number of carbonyl (C=O) groups excluding carboxylic acids is 1. The van der Waals surface area contributed by atoms with Crippen LogP contribution in [-0.4, -0.2) is 24.5 Å². The topological polar surface area (TPSA) is 90.7 Å². The number of benzene rings is 3. The number of rotatable bonds is 6. The number of hydrogen-bond acceptors (Lipinski definition) is 5. The van der Waals surface area contributed by atoms with E-state index in [0.29, 0.717) is 11.4 Å². The minimum absolute atomic E-state index is 0.00413. The van der Waals surface area contributed by atoms with Gasteiger partial charge in [0.25, 0.3) is 5.91 Å². The van der Waals surface area contributed by atoms with Crippen molar-refractivity contribution >= 4 is 28.1 Å². The van der Waals surface area contributed by atoms with Gasteiger partial charge in [-0.05, 0) is 35.0 Å². The lowest BCUT2D eigenvalue weighted by atomic mass is 10.1. The summed E-state index contributed by atoms with van der Waals surface area (Å²) in [4.78, 5) is 22.6. The third-order valence-corrected chi connectivity index (χ3v) is 3.75. The molecule has 0 radical (unpaired) electrons. The van der Waals surface area contributed by atoms with E-state index in [2.05, 4.69) is 5.32 Å². The van der Waals surface area contributed by atoms with Crippen LogP contribution in [0.2, 0.25) is 0 Å². The fourth-order valence-corrected chi connectivity index (χ4v) is 2.50. The monoisotopic (exact) mass is 352 g/mol. The highest BCUT2D eigenvalue weighted by Crippen LogP contribution is 2.31. The number of ether oxygens (including phenoxy) is 2. The summed E-state index contributed by atoms with van der Waals surface area (Å²) in [6.07, 6.45) is 0. The Hall–Kier alpha value is -3.61. The predicted molar refractivity (Wildman–Crippen MR) is 97.7 cm³/mol. The van der Waals surface area contributed by atoms with Crippen LogP contribution in [0.25, 0.3) is 10.8 Å². The lowest BCUT2D eigenvalue weighted by Gasteiger charge is -2.09. The molecule has 0 saturated carbocycles. The van der Waals surface area contributed by atoms with E-state index >= 15 is 0 Å². The number of anilines is 1. The van der Waals surface area contributed by atoms with E-state index in [1.54, 1.807) is 6.07 Å². The maximum Gasteiger partial charge on any atom is 0.314 e. The third kappa shape index (κ3) is 3.89. The van der Waals surface area contributed by atoms with Gasteiger partial charge in [-0.2, -0.15) is 0 Å². The minimum Gasteiger partial charge on any atom is -0.496 e. The molecule has 1 amide bonds. The zero-order valence-electron chi connectivity index (χ0n) is 14.0. The van der Waals surface area contributed by atoms with Gasteiger partial charge in [-0.15, -0.1) is 0 Å². The van der Waals surface area contributed by atoms with Gasteiger partial charge in [-0.25, -0.2) is 0 Å². The molecule has 0 aromatic heterocycles. The van der Waals surface area contributed by atoms with E-state index in [1.165, 1.54) is 25.3 Å². The summed E-state index contributed by atoms with van der Waals surface area (Å²) in [5, 5.41) is 15.9. The molecule has 0 aliphatic rings. The Balaban J connectivity index is 1.67. The Morgan fingerprint density at radius 2 is 1.85 bits per heavy atom. The number of hydrogen-bond donors (Lipinski definition) is 1. The maximum atomic E-state index is 12.1. The molecule has 0 bridgehead atoms. The van der Waals surface area contributed by atoms with Crippen molar-refractivity contribution in [2.75, 3.05) is 19.0 Å². The van der Waals surface area contributed by atoms with E-state index in [-0.39, 0.29) is 18.0 Å². The molecule has 0 fully saturated rings. The zero-order valence-corrected chi connectivity index (χ0v) is 14.0.